The number of nitrogens with one attached hydrogen (secondary N) is 2. The fraction of sp³-hybridized carbons (Fsp3) is 0.476. The Labute approximate surface area is 178 Å². The molecule has 0 saturated carbocycles. The molecule has 1 aliphatic heterocycles. The molecule has 2 heterocycles. The van der Waals surface area contributed by atoms with Crippen molar-refractivity contribution in [2.75, 3.05) is 38.2 Å². The number of amides is 1. The third-order valence-electron chi connectivity index (χ3n) is 5.35. The Morgan fingerprint density at radius 2 is 1.97 bits per heavy atom. The lowest BCUT2D eigenvalue weighted by Gasteiger charge is -2.35. The van der Waals surface area contributed by atoms with Gasteiger partial charge in [0.05, 0.1) is 24.2 Å². The van der Waals surface area contributed by atoms with E-state index in [2.05, 4.69) is 14.9 Å². The van der Waals surface area contributed by atoms with Gasteiger partial charge in [0.1, 0.15) is 0 Å². The normalized spacial score (nSPS) is 16.4. The van der Waals surface area contributed by atoms with E-state index in [1.54, 1.807) is 26.0 Å². The number of sulfonamides is 1. The van der Waals surface area contributed by atoms with Gasteiger partial charge in [-0.05, 0) is 42.8 Å². The number of ether oxygens (including phenoxy) is 1. The molecule has 1 aliphatic rings. The van der Waals surface area contributed by atoms with E-state index in [1.165, 1.54) is 6.07 Å². The van der Waals surface area contributed by atoms with Crippen LogP contribution in [0.4, 0.5) is 5.69 Å². The van der Waals surface area contributed by atoms with Crippen LogP contribution < -0.4 is 10.0 Å². The molecule has 2 N–H and O–H groups in total. The topological polar surface area (TPSA) is 92.7 Å². The second-order valence-electron chi connectivity index (χ2n) is 7.44. The summed E-state index contributed by atoms with van der Waals surface area (Å²) >= 11 is 0. The van der Waals surface area contributed by atoms with Gasteiger partial charge in [-0.3, -0.25) is 9.69 Å². The molecule has 0 spiro atoms. The number of hydrogen-bond acceptors (Lipinski definition) is 5. The largest absolute Gasteiger partial charge is 0.379 e. The maximum Gasteiger partial charge on any atom is 0.240 e. The minimum Gasteiger partial charge on any atom is -0.379 e. The molecule has 0 bridgehead atoms. The van der Waals surface area contributed by atoms with Gasteiger partial charge in [0, 0.05) is 50.7 Å². The lowest BCUT2D eigenvalue weighted by atomic mass is 10.1. The molecule has 1 fully saturated rings. The molecule has 0 radical (unpaired) electrons. The van der Waals surface area contributed by atoms with E-state index in [-0.39, 0.29) is 23.4 Å². The number of morpholine rings is 1. The number of aromatic nitrogens is 1. The molecule has 3 rings (SSSR count). The Kier molecular flexibility index (Phi) is 7.30. The van der Waals surface area contributed by atoms with E-state index in [4.69, 9.17) is 4.74 Å². The molecule has 1 aromatic heterocycles. The Balaban J connectivity index is 1.77. The zero-order valence-corrected chi connectivity index (χ0v) is 18.5. The highest BCUT2D eigenvalue weighted by molar-refractivity contribution is 7.89. The summed E-state index contributed by atoms with van der Waals surface area (Å²) in [4.78, 5) is 14.0. The number of anilines is 1. The van der Waals surface area contributed by atoms with Crippen LogP contribution in [0, 0.1) is 6.92 Å². The number of carbonyl (C=O) groups excluding carboxylic acids is 1. The third kappa shape index (κ3) is 5.28. The highest BCUT2D eigenvalue weighted by Gasteiger charge is 2.27. The van der Waals surface area contributed by atoms with Gasteiger partial charge in [-0.15, -0.1) is 0 Å². The first-order valence-corrected chi connectivity index (χ1v) is 11.6. The summed E-state index contributed by atoms with van der Waals surface area (Å²) < 4.78 is 36.3. The number of nitrogens with zero attached hydrogens (tertiary/aromatic N) is 2. The van der Waals surface area contributed by atoms with Crippen LogP contribution in [0.3, 0.4) is 0 Å². The minimum absolute atomic E-state index is 0.0907. The standard InChI is InChI=1S/C21H30N4O4S/c1-4-21(26)23-17-7-8-20(16(2)14-17)30(27,28)22-15-19(18-6-5-9-24(18)3)25-10-12-29-13-11-25/h5-9,14,19,22H,4,10-13,15H2,1-3H3,(H,23,26)/t19-/m1/s1. The Hall–Kier alpha value is -2.20. The number of rotatable bonds is 8. The van der Waals surface area contributed by atoms with Crippen LogP contribution in [-0.2, 0) is 26.6 Å². The Morgan fingerprint density at radius 1 is 1.23 bits per heavy atom. The van der Waals surface area contributed by atoms with Gasteiger partial charge in [-0.25, -0.2) is 13.1 Å². The van der Waals surface area contributed by atoms with Crippen molar-refractivity contribution in [3.05, 3.63) is 47.8 Å². The third-order valence-corrected chi connectivity index (χ3v) is 6.93. The molecule has 9 heteroatoms. The van der Waals surface area contributed by atoms with Gasteiger partial charge in [-0.1, -0.05) is 6.92 Å². The second kappa shape index (κ2) is 9.74. The summed E-state index contributed by atoms with van der Waals surface area (Å²) in [6, 6.07) is 8.72. The number of aryl methyl sites for hydroxylation is 2. The van der Waals surface area contributed by atoms with Gasteiger partial charge in [0.15, 0.2) is 0 Å². The maximum absolute atomic E-state index is 13.0. The quantitative estimate of drug-likeness (QED) is 0.663. The van der Waals surface area contributed by atoms with Gasteiger partial charge in [0.2, 0.25) is 15.9 Å². The summed E-state index contributed by atoms with van der Waals surface area (Å²) in [6.07, 6.45) is 2.33. The molecule has 30 heavy (non-hydrogen) atoms. The van der Waals surface area contributed by atoms with E-state index < -0.39 is 10.0 Å². The van der Waals surface area contributed by atoms with E-state index >= 15 is 0 Å². The SMILES string of the molecule is CCC(=O)Nc1ccc(S(=O)(=O)NC[C@H](c2cccn2C)N2CCOCC2)c(C)c1. The van der Waals surface area contributed by atoms with Crippen LogP contribution in [0.25, 0.3) is 0 Å². The molecule has 1 aromatic carbocycles. The summed E-state index contributed by atoms with van der Waals surface area (Å²) in [5, 5.41) is 2.75. The van der Waals surface area contributed by atoms with Crippen molar-refractivity contribution in [1.82, 2.24) is 14.2 Å². The lowest BCUT2D eigenvalue weighted by molar-refractivity contribution is -0.115. The molecule has 1 saturated heterocycles. The lowest BCUT2D eigenvalue weighted by Crippen LogP contribution is -2.44. The van der Waals surface area contributed by atoms with Gasteiger partial charge in [-0.2, -0.15) is 0 Å². The minimum atomic E-state index is -3.71. The van der Waals surface area contributed by atoms with Crippen molar-refractivity contribution in [2.24, 2.45) is 7.05 Å². The summed E-state index contributed by atoms with van der Waals surface area (Å²) in [5.74, 6) is -0.112. The average Bonchev–Trinajstić information content (AvgIpc) is 3.14. The summed E-state index contributed by atoms with van der Waals surface area (Å²) in [6.45, 7) is 6.53. The Morgan fingerprint density at radius 3 is 2.57 bits per heavy atom. The van der Waals surface area contributed by atoms with Crippen LogP contribution in [0.15, 0.2) is 41.4 Å². The Bertz CT molecular complexity index is 981. The second-order valence-corrected chi connectivity index (χ2v) is 9.18. The highest BCUT2D eigenvalue weighted by Crippen LogP contribution is 2.24. The highest BCUT2D eigenvalue weighted by atomic mass is 32.2. The van der Waals surface area contributed by atoms with Gasteiger partial charge in [0.25, 0.3) is 0 Å². The first kappa shape index (κ1) is 22.5. The maximum atomic E-state index is 13.0. The molecular weight excluding hydrogens is 404 g/mol. The number of hydrogen-bond donors (Lipinski definition) is 2. The first-order valence-electron chi connectivity index (χ1n) is 10.1. The van der Waals surface area contributed by atoms with Crippen molar-refractivity contribution < 1.29 is 17.9 Å². The van der Waals surface area contributed by atoms with Crippen LogP contribution in [0.1, 0.15) is 30.6 Å². The van der Waals surface area contributed by atoms with Crippen molar-refractivity contribution in [3.8, 4) is 0 Å². The van der Waals surface area contributed by atoms with E-state index in [0.29, 0.717) is 30.9 Å². The van der Waals surface area contributed by atoms with Gasteiger partial charge < -0.3 is 14.6 Å². The van der Waals surface area contributed by atoms with E-state index in [0.717, 1.165) is 18.8 Å². The number of benzene rings is 1. The van der Waals surface area contributed by atoms with Gasteiger partial charge >= 0.3 is 0 Å². The van der Waals surface area contributed by atoms with Crippen molar-refractivity contribution in [1.29, 1.82) is 0 Å². The molecule has 2 aromatic rings. The zero-order chi connectivity index (χ0) is 21.7. The average molecular weight is 435 g/mol. The number of carbonyl (C=O) groups is 1. The van der Waals surface area contributed by atoms with Crippen molar-refractivity contribution in [3.63, 3.8) is 0 Å². The molecule has 164 valence electrons. The predicted octanol–water partition coefficient (Wildman–Crippen LogP) is 2.03. The first-order chi connectivity index (χ1) is 14.3. The molecule has 1 amide bonds. The predicted molar refractivity (Wildman–Crippen MR) is 116 cm³/mol. The van der Waals surface area contributed by atoms with Crippen LogP contribution >= 0.6 is 0 Å². The zero-order valence-electron chi connectivity index (χ0n) is 17.7. The summed E-state index contributed by atoms with van der Waals surface area (Å²) in [5.41, 5.74) is 2.22. The molecular formula is C21H30N4O4S. The van der Waals surface area contributed by atoms with Crippen molar-refractivity contribution >= 4 is 21.6 Å². The van der Waals surface area contributed by atoms with Crippen LogP contribution in [0.2, 0.25) is 0 Å². The van der Waals surface area contributed by atoms with Crippen LogP contribution in [0.5, 0.6) is 0 Å². The van der Waals surface area contributed by atoms with E-state index in [9.17, 15) is 13.2 Å². The molecule has 0 unspecified atom stereocenters. The molecule has 8 nitrogen and oxygen atoms in total. The fourth-order valence-corrected chi connectivity index (χ4v) is 4.94. The smallest absolute Gasteiger partial charge is 0.240 e. The van der Waals surface area contributed by atoms with Crippen LogP contribution in [-0.4, -0.2) is 56.6 Å². The monoisotopic (exact) mass is 434 g/mol. The fourth-order valence-electron chi connectivity index (χ4n) is 3.67. The van der Waals surface area contributed by atoms with E-state index in [1.807, 2.05) is 29.9 Å². The van der Waals surface area contributed by atoms with Crippen molar-refractivity contribution in [2.45, 2.75) is 31.2 Å². The molecule has 1 atom stereocenters. The summed E-state index contributed by atoms with van der Waals surface area (Å²) in [7, 11) is -1.75. The molecule has 0 aliphatic carbocycles.